The van der Waals surface area contributed by atoms with Crippen molar-refractivity contribution in [3.8, 4) is 11.5 Å². The molecule has 3 aliphatic carbocycles. The van der Waals surface area contributed by atoms with Crippen LogP contribution in [-0.2, 0) is 10.4 Å². The molecule has 6 nitrogen and oxygen atoms in total. The fourth-order valence-corrected chi connectivity index (χ4v) is 6.65. The third kappa shape index (κ3) is 4.64. The van der Waals surface area contributed by atoms with Crippen LogP contribution in [0.5, 0.6) is 0 Å². The first-order chi connectivity index (χ1) is 18.8. The molecule has 40 heavy (non-hydrogen) atoms. The minimum atomic E-state index is -2.46. The molecule has 1 unspecified atom stereocenters. The summed E-state index contributed by atoms with van der Waals surface area (Å²) in [4.78, 5) is 22.5. The summed E-state index contributed by atoms with van der Waals surface area (Å²) in [6.45, 7) is 4.46. The van der Waals surface area contributed by atoms with E-state index in [2.05, 4.69) is 9.88 Å². The SMILES string of the molecule is Cc1cc(-c2ncco2)cc2c1C(O)(c1c(F)cccc1F)C(=O)N2CC1CC(N(CC2CC2)CC2CC2)C1.Cl. The normalized spacial score (nSPS) is 25.6. The molecule has 1 N–H and O–H groups in total. The summed E-state index contributed by atoms with van der Waals surface area (Å²) in [5, 5.41) is 12.0. The zero-order valence-electron chi connectivity index (χ0n) is 22.5. The summed E-state index contributed by atoms with van der Waals surface area (Å²) in [7, 11) is 0. The van der Waals surface area contributed by atoms with Gasteiger partial charge < -0.3 is 14.4 Å². The van der Waals surface area contributed by atoms with Gasteiger partial charge in [-0.25, -0.2) is 13.8 Å². The van der Waals surface area contributed by atoms with E-state index in [1.54, 1.807) is 19.1 Å². The van der Waals surface area contributed by atoms with Crippen LogP contribution in [0.25, 0.3) is 11.5 Å². The molecule has 212 valence electrons. The number of carbonyl (C=O) groups is 1. The quantitative estimate of drug-likeness (QED) is 0.351. The van der Waals surface area contributed by atoms with Crippen molar-refractivity contribution in [2.75, 3.05) is 24.5 Å². The van der Waals surface area contributed by atoms with Crippen LogP contribution in [0.4, 0.5) is 14.5 Å². The van der Waals surface area contributed by atoms with Gasteiger partial charge in [0, 0.05) is 36.8 Å². The van der Waals surface area contributed by atoms with E-state index >= 15 is 8.78 Å². The van der Waals surface area contributed by atoms with Gasteiger partial charge >= 0.3 is 0 Å². The molecule has 2 heterocycles. The molecule has 3 saturated carbocycles. The van der Waals surface area contributed by atoms with Crippen LogP contribution in [-0.4, -0.2) is 46.6 Å². The first-order valence-electron chi connectivity index (χ1n) is 14.1. The highest BCUT2D eigenvalue weighted by molar-refractivity contribution is 6.10. The van der Waals surface area contributed by atoms with Crippen molar-refractivity contribution in [2.45, 2.75) is 57.1 Å². The molecular weight excluding hydrogens is 536 g/mol. The number of aromatic nitrogens is 1. The van der Waals surface area contributed by atoms with Gasteiger partial charge in [-0.1, -0.05) is 6.07 Å². The number of oxazole rings is 1. The number of benzene rings is 2. The maximum atomic E-state index is 15.1. The van der Waals surface area contributed by atoms with E-state index in [1.165, 1.54) is 62.2 Å². The van der Waals surface area contributed by atoms with Crippen molar-refractivity contribution in [3.05, 3.63) is 71.1 Å². The summed E-state index contributed by atoms with van der Waals surface area (Å²) in [5.41, 5.74) is -1.25. The number of rotatable bonds is 9. The van der Waals surface area contributed by atoms with Gasteiger partial charge in [-0.2, -0.15) is 0 Å². The molecule has 7 rings (SSSR count). The second-order valence-corrected chi connectivity index (χ2v) is 12.1. The fourth-order valence-electron chi connectivity index (χ4n) is 6.65. The van der Waals surface area contributed by atoms with E-state index in [4.69, 9.17) is 4.42 Å². The Hall–Kier alpha value is -2.81. The Bertz CT molecular complexity index is 1390. The minimum absolute atomic E-state index is 0. The Kier molecular flexibility index (Phi) is 7.00. The molecule has 3 fully saturated rings. The molecule has 3 aromatic rings. The Morgan fingerprint density at radius 1 is 1.05 bits per heavy atom. The summed E-state index contributed by atoms with van der Waals surface area (Å²) >= 11 is 0. The monoisotopic (exact) mass is 569 g/mol. The van der Waals surface area contributed by atoms with Crippen molar-refractivity contribution >= 4 is 24.0 Å². The highest BCUT2D eigenvalue weighted by Crippen LogP contribution is 2.50. The number of hydrogen-bond donors (Lipinski definition) is 1. The Labute approximate surface area is 238 Å². The molecule has 1 amide bonds. The van der Waals surface area contributed by atoms with Crippen molar-refractivity contribution < 1.29 is 23.1 Å². The van der Waals surface area contributed by atoms with E-state index in [0.717, 1.165) is 36.8 Å². The first kappa shape index (κ1) is 27.4. The van der Waals surface area contributed by atoms with Crippen LogP contribution in [0, 0.1) is 36.3 Å². The Morgan fingerprint density at radius 3 is 2.27 bits per heavy atom. The highest BCUT2D eigenvalue weighted by Gasteiger charge is 2.55. The van der Waals surface area contributed by atoms with E-state index in [1.807, 2.05) is 0 Å². The number of aryl methyl sites for hydroxylation is 1. The van der Waals surface area contributed by atoms with Crippen LogP contribution >= 0.6 is 12.4 Å². The lowest BCUT2D eigenvalue weighted by Gasteiger charge is -2.44. The molecule has 1 atom stereocenters. The molecule has 0 spiro atoms. The zero-order chi connectivity index (χ0) is 26.9. The minimum Gasteiger partial charge on any atom is -0.445 e. The average molecular weight is 570 g/mol. The molecule has 1 aromatic heterocycles. The Morgan fingerprint density at radius 2 is 1.70 bits per heavy atom. The van der Waals surface area contributed by atoms with E-state index in [9.17, 15) is 9.90 Å². The second-order valence-electron chi connectivity index (χ2n) is 12.1. The van der Waals surface area contributed by atoms with Gasteiger partial charge in [-0.05, 0) is 93.0 Å². The van der Waals surface area contributed by atoms with Crippen LogP contribution in [0.2, 0.25) is 0 Å². The van der Waals surface area contributed by atoms with Crippen LogP contribution in [0.1, 0.15) is 55.2 Å². The fraction of sp³-hybridized carbons (Fsp3) is 0.484. The number of nitrogens with zero attached hydrogens (tertiary/aromatic N) is 3. The lowest BCUT2D eigenvalue weighted by molar-refractivity contribution is -0.133. The third-order valence-corrected chi connectivity index (χ3v) is 9.07. The molecule has 2 aromatic carbocycles. The number of amides is 1. The van der Waals surface area contributed by atoms with Crippen molar-refractivity contribution in [2.24, 2.45) is 17.8 Å². The molecule has 4 aliphatic rings. The van der Waals surface area contributed by atoms with Gasteiger partial charge in [0.1, 0.15) is 17.9 Å². The van der Waals surface area contributed by atoms with Crippen LogP contribution < -0.4 is 4.90 Å². The van der Waals surface area contributed by atoms with Crippen molar-refractivity contribution in [1.29, 1.82) is 0 Å². The number of anilines is 1. The standard InChI is InChI=1S/C31H33F2N3O3.ClH/c1-18-11-22(29-34-9-10-39-29)14-26-27(18)31(38,28-24(32)3-2-4-25(28)33)30(37)36(26)17-21-12-23(13-21)35(15-19-5-6-19)16-20-7-8-20;/h2-4,9-11,14,19-21,23,38H,5-8,12-13,15-17H2,1H3;1H. The van der Waals surface area contributed by atoms with Gasteiger partial charge in [0.05, 0.1) is 17.4 Å². The Balaban J connectivity index is 0.00000289. The van der Waals surface area contributed by atoms with Gasteiger partial charge in [0.2, 0.25) is 11.5 Å². The largest absolute Gasteiger partial charge is 0.445 e. The molecular formula is C31H34ClF2N3O3. The molecule has 0 saturated heterocycles. The van der Waals surface area contributed by atoms with E-state index < -0.39 is 28.7 Å². The van der Waals surface area contributed by atoms with Gasteiger partial charge in [0.25, 0.3) is 5.91 Å². The predicted octanol–water partition coefficient (Wildman–Crippen LogP) is 5.83. The van der Waals surface area contributed by atoms with E-state index in [0.29, 0.717) is 35.3 Å². The summed E-state index contributed by atoms with van der Waals surface area (Å²) < 4.78 is 35.6. The topological polar surface area (TPSA) is 69.8 Å². The second kappa shape index (κ2) is 10.2. The summed E-state index contributed by atoms with van der Waals surface area (Å²) in [6, 6.07) is 7.37. The maximum Gasteiger partial charge on any atom is 0.268 e. The van der Waals surface area contributed by atoms with Crippen LogP contribution in [0.15, 0.2) is 47.2 Å². The molecule has 1 aliphatic heterocycles. The zero-order valence-corrected chi connectivity index (χ0v) is 23.3. The summed E-state index contributed by atoms with van der Waals surface area (Å²) in [6.07, 6.45) is 10.3. The summed E-state index contributed by atoms with van der Waals surface area (Å²) in [5.74, 6) is -0.338. The maximum absolute atomic E-state index is 15.1. The average Bonchev–Trinajstić information content (AvgIpc) is 3.80. The number of carbonyl (C=O) groups excluding carboxylic acids is 1. The number of hydrogen-bond acceptors (Lipinski definition) is 5. The number of fused-ring (bicyclic) bond motifs is 1. The van der Waals surface area contributed by atoms with Gasteiger partial charge in [-0.3, -0.25) is 9.69 Å². The molecule has 9 heteroatoms. The highest BCUT2D eigenvalue weighted by atomic mass is 35.5. The number of halogens is 3. The van der Waals surface area contributed by atoms with Gasteiger partial charge in [-0.15, -0.1) is 12.4 Å². The van der Waals surface area contributed by atoms with Crippen LogP contribution in [0.3, 0.4) is 0 Å². The lowest BCUT2D eigenvalue weighted by Crippen LogP contribution is -2.51. The molecule has 0 radical (unpaired) electrons. The third-order valence-electron chi connectivity index (χ3n) is 9.07. The van der Waals surface area contributed by atoms with Gasteiger partial charge in [0.15, 0.2) is 0 Å². The van der Waals surface area contributed by atoms with Crippen molar-refractivity contribution in [1.82, 2.24) is 9.88 Å². The van der Waals surface area contributed by atoms with E-state index in [-0.39, 0.29) is 23.9 Å². The first-order valence-corrected chi connectivity index (χ1v) is 14.1. The number of aliphatic hydroxyl groups is 1. The molecule has 0 bridgehead atoms. The van der Waals surface area contributed by atoms with Crippen molar-refractivity contribution in [3.63, 3.8) is 0 Å². The smallest absolute Gasteiger partial charge is 0.268 e. The predicted molar refractivity (Wildman–Crippen MR) is 149 cm³/mol. The lowest BCUT2D eigenvalue weighted by atomic mass is 9.78.